The van der Waals surface area contributed by atoms with Gasteiger partial charge in [0.1, 0.15) is 5.60 Å². The van der Waals surface area contributed by atoms with E-state index in [-0.39, 0.29) is 11.6 Å². The Labute approximate surface area is 132 Å². The lowest BCUT2D eigenvalue weighted by atomic mass is 10.2. The number of hydrogen-bond acceptors (Lipinski definition) is 6. The molecule has 2 aromatic heterocycles. The van der Waals surface area contributed by atoms with Gasteiger partial charge in [0.15, 0.2) is 5.69 Å². The molecule has 2 aromatic rings. The quantitative estimate of drug-likeness (QED) is 0.712. The lowest BCUT2D eigenvalue weighted by molar-refractivity contribution is 0.0529. The number of rotatable bonds is 5. The summed E-state index contributed by atoms with van der Waals surface area (Å²) in [6.45, 7) is 6.03. The molecule has 23 heavy (non-hydrogen) atoms. The predicted molar refractivity (Wildman–Crippen MR) is 82.7 cm³/mol. The fourth-order valence-electron chi connectivity index (χ4n) is 1.80. The van der Waals surface area contributed by atoms with E-state index in [0.717, 1.165) is 0 Å². The van der Waals surface area contributed by atoms with Crippen molar-refractivity contribution >= 4 is 23.5 Å². The van der Waals surface area contributed by atoms with E-state index in [1.54, 1.807) is 26.8 Å². The average Bonchev–Trinajstić information content (AvgIpc) is 2.85. The highest BCUT2D eigenvalue weighted by Crippen LogP contribution is 2.09. The van der Waals surface area contributed by atoms with Crippen LogP contribution in [0.25, 0.3) is 5.52 Å². The van der Waals surface area contributed by atoms with E-state index in [1.807, 2.05) is 0 Å². The summed E-state index contributed by atoms with van der Waals surface area (Å²) in [5, 5.41) is 18.7. The van der Waals surface area contributed by atoms with Gasteiger partial charge in [-0.15, -0.1) is 5.10 Å². The molecule has 3 N–H and O–H groups in total. The fourth-order valence-corrected chi connectivity index (χ4v) is 1.80. The Morgan fingerprint density at radius 3 is 2.70 bits per heavy atom. The summed E-state index contributed by atoms with van der Waals surface area (Å²) in [4.78, 5) is 26.6. The Balaban J connectivity index is 1.89. The van der Waals surface area contributed by atoms with Crippen LogP contribution in [0, 0.1) is 0 Å². The van der Waals surface area contributed by atoms with Gasteiger partial charge in [0.25, 0.3) is 0 Å². The summed E-state index contributed by atoms with van der Waals surface area (Å²) in [5.41, 5.74) is 0.0880. The summed E-state index contributed by atoms with van der Waals surface area (Å²) in [7, 11) is 0. The number of fused-ring (bicyclic) bond motifs is 1. The van der Waals surface area contributed by atoms with Gasteiger partial charge in [-0.25, -0.2) is 19.1 Å². The summed E-state index contributed by atoms with van der Waals surface area (Å²) < 4.78 is 6.39. The van der Waals surface area contributed by atoms with Crippen LogP contribution < -0.4 is 10.6 Å². The molecule has 2 heterocycles. The van der Waals surface area contributed by atoms with Gasteiger partial charge in [0.05, 0.1) is 11.7 Å². The molecule has 0 saturated carbocycles. The first-order chi connectivity index (χ1) is 10.8. The Bertz CT molecular complexity index is 720. The second-order valence-electron chi connectivity index (χ2n) is 5.80. The first kappa shape index (κ1) is 16.5. The monoisotopic (exact) mass is 321 g/mol. The van der Waals surface area contributed by atoms with E-state index in [0.29, 0.717) is 18.6 Å². The number of carbonyl (C=O) groups excluding carboxylic acids is 1. The number of nitrogens with one attached hydrogen (secondary N) is 2. The third kappa shape index (κ3) is 4.56. The number of carboxylic acids is 1. The molecule has 0 aromatic carbocycles. The molecule has 2 rings (SSSR count). The normalized spacial score (nSPS) is 11.3. The first-order valence-electron chi connectivity index (χ1n) is 7.05. The Morgan fingerprint density at radius 2 is 2.04 bits per heavy atom. The van der Waals surface area contributed by atoms with Gasteiger partial charge in [-0.3, -0.25) is 0 Å². The number of anilines is 1. The highest BCUT2D eigenvalue weighted by Gasteiger charge is 2.15. The van der Waals surface area contributed by atoms with E-state index in [1.165, 1.54) is 16.8 Å². The van der Waals surface area contributed by atoms with Gasteiger partial charge >= 0.3 is 12.1 Å². The van der Waals surface area contributed by atoms with Crippen molar-refractivity contribution in [2.45, 2.75) is 26.4 Å². The molecule has 0 aliphatic heterocycles. The van der Waals surface area contributed by atoms with Gasteiger partial charge in [0, 0.05) is 13.1 Å². The lowest BCUT2D eigenvalue weighted by Gasteiger charge is -2.19. The SMILES string of the molecule is CC(C)(C)OC(=O)NCCNc1ncc2ccc(C(=O)O)n2n1. The maximum absolute atomic E-state index is 11.5. The molecule has 0 aliphatic carbocycles. The number of nitrogens with zero attached hydrogens (tertiary/aromatic N) is 3. The first-order valence-corrected chi connectivity index (χ1v) is 7.05. The second-order valence-corrected chi connectivity index (χ2v) is 5.80. The van der Waals surface area contributed by atoms with E-state index in [4.69, 9.17) is 9.84 Å². The van der Waals surface area contributed by atoms with Gasteiger partial charge in [-0.05, 0) is 32.9 Å². The van der Waals surface area contributed by atoms with Crippen molar-refractivity contribution in [3.8, 4) is 0 Å². The molecule has 1 amide bonds. The maximum atomic E-state index is 11.5. The van der Waals surface area contributed by atoms with Crippen molar-refractivity contribution in [2.75, 3.05) is 18.4 Å². The highest BCUT2D eigenvalue weighted by atomic mass is 16.6. The molecule has 0 atom stereocenters. The zero-order valence-electron chi connectivity index (χ0n) is 13.2. The smallest absolute Gasteiger partial charge is 0.407 e. The van der Waals surface area contributed by atoms with Gasteiger partial charge < -0.3 is 20.5 Å². The molecule has 9 nitrogen and oxygen atoms in total. The minimum atomic E-state index is -1.07. The van der Waals surface area contributed by atoms with Crippen LogP contribution in [-0.4, -0.2) is 50.5 Å². The molecule has 0 aliphatic rings. The Morgan fingerprint density at radius 1 is 1.30 bits per heavy atom. The molecule has 0 radical (unpaired) electrons. The van der Waals surface area contributed by atoms with Gasteiger partial charge in [0.2, 0.25) is 5.95 Å². The minimum absolute atomic E-state index is 0.0531. The van der Waals surface area contributed by atoms with Crippen molar-refractivity contribution in [1.29, 1.82) is 0 Å². The zero-order chi connectivity index (χ0) is 17.0. The fraction of sp³-hybridized carbons (Fsp3) is 0.429. The van der Waals surface area contributed by atoms with Crippen LogP contribution in [0.1, 0.15) is 31.3 Å². The molecular formula is C14H19N5O4. The van der Waals surface area contributed by atoms with E-state index >= 15 is 0 Å². The standard InChI is InChI=1S/C14H19N5O4/c1-14(2,3)23-13(22)16-7-6-15-12-17-8-9-4-5-10(11(20)21)19(9)18-12/h4-5,8H,6-7H2,1-3H3,(H,15,18)(H,16,22)(H,20,21). The molecule has 0 spiro atoms. The van der Waals surface area contributed by atoms with Crippen LogP contribution >= 0.6 is 0 Å². The molecule has 0 bridgehead atoms. The van der Waals surface area contributed by atoms with Crippen LogP contribution in [0.3, 0.4) is 0 Å². The Hall–Kier alpha value is -2.84. The van der Waals surface area contributed by atoms with Crippen molar-refractivity contribution in [2.24, 2.45) is 0 Å². The van der Waals surface area contributed by atoms with E-state index in [9.17, 15) is 9.59 Å². The lowest BCUT2D eigenvalue weighted by Crippen LogP contribution is -2.35. The zero-order valence-corrected chi connectivity index (χ0v) is 13.2. The molecule has 124 valence electrons. The van der Waals surface area contributed by atoms with Crippen LogP contribution in [0.4, 0.5) is 10.7 Å². The summed E-state index contributed by atoms with van der Waals surface area (Å²) in [6, 6.07) is 3.08. The summed E-state index contributed by atoms with van der Waals surface area (Å²) in [6.07, 6.45) is 1.01. The molecule has 0 fully saturated rings. The van der Waals surface area contributed by atoms with E-state index < -0.39 is 17.7 Å². The topological polar surface area (TPSA) is 118 Å². The van der Waals surface area contributed by atoms with Crippen LogP contribution in [0.15, 0.2) is 18.3 Å². The predicted octanol–water partition coefficient (Wildman–Crippen LogP) is 1.36. The Kier molecular flexibility index (Phi) is 4.68. The number of carbonyl (C=O) groups is 2. The maximum Gasteiger partial charge on any atom is 0.407 e. The number of carboxylic acid groups (broad SMARTS) is 1. The number of aromatic nitrogens is 3. The largest absolute Gasteiger partial charge is 0.477 e. The van der Waals surface area contributed by atoms with Crippen LogP contribution in [0.2, 0.25) is 0 Å². The van der Waals surface area contributed by atoms with Crippen molar-refractivity contribution in [1.82, 2.24) is 19.9 Å². The van der Waals surface area contributed by atoms with Crippen LogP contribution in [-0.2, 0) is 4.74 Å². The van der Waals surface area contributed by atoms with Gasteiger partial charge in [-0.2, -0.15) is 0 Å². The number of alkyl carbamates (subject to hydrolysis) is 1. The molecule has 0 saturated heterocycles. The molecular weight excluding hydrogens is 302 g/mol. The van der Waals surface area contributed by atoms with Crippen LogP contribution in [0.5, 0.6) is 0 Å². The third-order valence-corrected chi connectivity index (χ3v) is 2.69. The molecule has 0 unspecified atom stereocenters. The van der Waals surface area contributed by atoms with Gasteiger partial charge in [-0.1, -0.05) is 0 Å². The van der Waals surface area contributed by atoms with Crippen molar-refractivity contribution in [3.05, 3.63) is 24.0 Å². The summed E-state index contributed by atoms with van der Waals surface area (Å²) >= 11 is 0. The number of hydrogen-bond donors (Lipinski definition) is 3. The van der Waals surface area contributed by atoms with E-state index in [2.05, 4.69) is 20.7 Å². The summed E-state index contributed by atoms with van der Waals surface area (Å²) in [5.74, 6) is -0.802. The van der Waals surface area contributed by atoms with Crippen molar-refractivity contribution in [3.63, 3.8) is 0 Å². The number of ether oxygens (including phenoxy) is 1. The van der Waals surface area contributed by atoms with Crippen molar-refractivity contribution < 1.29 is 19.4 Å². The number of amides is 1. The third-order valence-electron chi connectivity index (χ3n) is 2.69. The molecule has 9 heteroatoms. The minimum Gasteiger partial charge on any atom is -0.477 e. The number of aromatic carboxylic acids is 1. The highest BCUT2D eigenvalue weighted by molar-refractivity contribution is 5.87. The second kappa shape index (κ2) is 6.51. The average molecular weight is 321 g/mol.